The lowest BCUT2D eigenvalue weighted by Crippen LogP contribution is -2.34. The first-order chi connectivity index (χ1) is 8.74. The van der Waals surface area contributed by atoms with E-state index in [1.807, 2.05) is 30.3 Å². The molecule has 1 aromatic carbocycles. The van der Waals surface area contributed by atoms with Gasteiger partial charge in [-0.1, -0.05) is 18.2 Å². The molecule has 2 fully saturated rings. The Morgan fingerprint density at radius 2 is 1.94 bits per heavy atom. The molecular weight excluding hydrogens is 228 g/mol. The third-order valence-electron chi connectivity index (χ3n) is 3.49. The second-order valence-corrected chi connectivity index (χ2v) is 5.02. The van der Waals surface area contributed by atoms with E-state index in [-0.39, 0.29) is 17.7 Å². The van der Waals surface area contributed by atoms with Crippen LogP contribution in [0.4, 0.5) is 5.69 Å². The molecule has 4 nitrogen and oxygen atoms in total. The fourth-order valence-corrected chi connectivity index (χ4v) is 2.29. The lowest BCUT2D eigenvalue weighted by molar-refractivity contribution is -0.126. The van der Waals surface area contributed by atoms with Crippen molar-refractivity contribution in [2.45, 2.75) is 25.3 Å². The van der Waals surface area contributed by atoms with Crippen LogP contribution in [0.5, 0.6) is 0 Å². The lowest BCUT2D eigenvalue weighted by Gasteiger charge is -2.16. The van der Waals surface area contributed by atoms with Gasteiger partial charge in [0.1, 0.15) is 0 Å². The van der Waals surface area contributed by atoms with Crippen LogP contribution in [0.3, 0.4) is 0 Å². The minimum Gasteiger partial charge on any atom is -0.353 e. The Balaban J connectivity index is 1.68. The van der Waals surface area contributed by atoms with E-state index < -0.39 is 0 Å². The standard InChI is InChI=1S/C14H16N2O2/c17-13-8-10(14(18)15-11-6-7-11)9-16(13)12-4-2-1-3-5-12/h1-5,10-11H,6-9H2,(H,15,18). The molecule has 2 amide bonds. The maximum absolute atomic E-state index is 11.9. The van der Waals surface area contributed by atoms with E-state index in [9.17, 15) is 9.59 Å². The number of amides is 2. The Kier molecular flexibility index (Phi) is 2.78. The summed E-state index contributed by atoms with van der Waals surface area (Å²) in [6.07, 6.45) is 2.48. The summed E-state index contributed by atoms with van der Waals surface area (Å²) in [5.41, 5.74) is 0.879. The van der Waals surface area contributed by atoms with Crippen LogP contribution in [0, 0.1) is 5.92 Å². The van der Waals surface area contributed by atoms with Crippen molar-refractivity contribution >= 4 is 17.5 Å². The Morgan fingerprint density at radius 3 is 2.61 bits per heavy atom. The van der Waals surface area contributed by atoms with Crippen molar-refractivity contribution in [3.63, 3.8) is 0 Å². The number of carbonyl (C=O) groups excluding carboxylic acids is 2. The number of carbonyl (C=O) groups is 2. The second-order valence-electron chi connectivity index (χ2n) is 5.02. The summed E-state index contributed by atoms with van der Waals surface area (Å²) >= 11 is 0. The molecule has 1 saturated heterocycles. The van der Waals surface area contributed by atoms with E-state index in [1.54, 1.807) is 4.90 Å². The van der Waals surface area contributed by atoms with Crippen molar-refractivity contribution in [1.29, 1.82) is 0 Å². The van der Waals surface area contributed by atoms with Crippen LogP contribution in [-0.4, -0.2) is 24.4 Å². The highest BCUT2D eigenvalue weighted by Gasteiger charge is 2.36. The van der Waals surface area contributed by atoms with Crippen LogP contribution in [0.2, 0.25) is 0 Å². The normalized spacial score (nSPS) is 23.2. The quantitative estimate of drug-likeness (QED) is 0.871. The van der Waals surface area contributed by atoms with Gasteiger partial charge >= 0.3 is 0 Å². The van der Waals surface area contributed by atoms with Crippen molar-refractivity contribution in [3.05, 3.63) is 30.3 Å². The molecular formula is C14H16N2O2. The molecule has 18 heavy (non-hydrogen) atoms. The fraction of sp³-hybridized carbons (Fsp3) is 0.429. The first-order valence-corrected chi connectivity index (χ1v) is 6.40. The third-order valence-corrected chi connectivity index (χ3v) is 3.49. The molecule has 1 heterocycles. The largest absolute Gasteiger partial charge is 0.353 e. The van der Waals surface area contributed by atoms with E-state index >= 15 is 0 Å². The van der Waals surface area contributed by atoms with Gasteiger partial charge in [-0.05, 0) is 25.0 Å². The Hall–Kier alpha value is -1.84. The van der Waals surface area contributed by atoms with Crippen molar-refractivity contribution in [2.75, 3.05) is 11.4 Å². The molecule has 3 rings (SSSR count). The lowest BCUT2D eigenvalue weighted by atomic mass is 10.1. The van der Waals surface area contributed by atoms with Gasteiger partial charge in [-0.2, -0.15) is 0 Å². The molecule has 1 atom stereocenters. The minimum atomic E-state index is -0.196. The molecule has 1 aliphatic heterocycles. The molecule has 1 aliphatic carbocycles. The maximum Gasteiger partial charge on any atom is 0.227 e. The zero-order chi connectivity index (χ0) is 12.5. The van der Waals surface area contributed by atoms with E-state index in [4.69, 9.17) is 0 Å². The van der Waals surface area contributed by atoms with Crippen LogP contribution in [-0.2, 0) is 9.59 Å². The first-order valence-electron chi connectivity index (χ1n) is 6.40. The van der Waals surface area contributed by atoms with Crippen molar-refractivity contribution in [2.24, 2.45) is 5.92 Å². The molecule has 0 spiro atoms. The summed E-state index contributed by atoms with van der Waals surface area (Å²) in [5, 5.41) is 2.97. The minimum absolute atomic E-state index is 0.0317. The van der Waals surface area contributed by atoms with Gasteiger partial charge < -0.3 is 10.2 Å². The highest BCUT2D eigenvalue weighted by molar-refractivity contribution is 6.00. The fourth-order valence-electron chi connectivity index (χ4n) is 2.29. The van der Waals surface area contributed by atoms with Crippen LogP contribution < -0.4 is 10.2 Å². The highest BCUT2D eigenvalue weighted by atomic mass is 16.2. The molecule has 0 radical (unpaired) electrons. The molecule has 0 aromatic heterocycles. The number of hydrogen-bond acceptors (Lipinski definition) is 2. The summed E-state index contributed by atoms with van der Waals surface area (Å²) in [6.45, 7) is 0.501. The summed E-state index contributed by atoms with van der Waals surface area (Å²) < 4.78 is 0. The molecule has 1 saturated carbocycles. The predicted octanol–water partition coefficient (Wildman–Crippen LogP) is 1.32. The van der Waals surface area contributed by atoms with Crippen molar-refractivity contribution < 1.29 is 9.59 Å². The van der Waals surface area contributed by atoms with Crippen LogP contribution in [0.15, 0.2) is 30.3 Å². The van der Waals surface area contributed by atoms with Gasteiger partial charge in [0.25, 0.3) is 0 Å². The number of anilines is 1. The van der Waals surface area contributed by atoms with Crippen molar-refractivity contribution in [1.82, 2.24) is 5.32 Å². The Labute approximate surface area is 106 Å². The molecule has 1 aromatic rings. The van der Waals surface area contributed by atoms with Crippen LogP contribution >= 0.6 is 0 Å². The number of benzene rings is 1. The van der Waals surface area contributed by atoms with Gasteiger partial charge in [0.2, 0.25) is 11.8 Å². The van der Waals surface area contributed by atoms with Gasteiger partial charge in [0.15, 0.2) is 0 Å². The summed E-state index contributed by atoms with van der Waals surface area (Å²) in [5.74, 6) is -0.125. The highest BCUT2D eigenvalue weighted by Crippen LogP contribution is 2.26. The van der Waals surface area contributed by atoms with Gasteiger partial charge in [0, 0.05) is 24.7 Å². The summed E-state index contributed by atoms with van der Waals surface area (Å²) in [4.78, 5) is 25.6. The topological polar surface area (TPSA) is 49.4 Å². The average molecular weight is 244 g/mol. The molecule has 1 N–H and O–H groups in total. The number of rotatable bonds is 3. The van der Waals surface area contributed by atoms with E-state index in [2.05, 4.69) is 5.32 Å². The summed E-state index contributed by atoms with van der Waals surface area (Å²) in [7, 11) is 0. The second kappa shape index (κ2) is 4.44. The third kappa shape index (κ3) is 2.23. The Bertz CT molecular complexity index is 468. The number of hydrogen-bond donors (Lipinski definition) is 1. The van der Waals surface area contributed by atoms with Crippen LogP contribution in [0.25, 0.3) is 0 Å². The van der Waals surface area contributed by atoms with E-state index in [1.165, 1.54) is 0 Å². The molecule has 0 bridgehead atoms. The van der Waals surface area contributed by atoms with Crippen LogP contribution in [0.1, 0.15) is 19.3 Å². The molecule has 1 unspecified atom stereocenters. The molecule has 2 aliphatic rings. The van der Waals surface area contributed by atoms with E-state index in [0.29, 0.717) is 19.0 Å². The average Bonchev–Trinajstić information content (AvgIpc) is 3.10. The number of nitrogens with one attached hydrogen (secondary N) is 1. The van der Waals surface area contributed by atoms with Crippen molar-refractivity contribution in [3.8, 4) is 0 Å². The Morgan fingerprint density at radius 1 is 1.22 bits per heavy atom. The summed E-state index contributed by atoms with van der Waals surface area (Å²) in [6, 6.07) is 9.89. The smallest absolute Gasteiger partial charge is 0.227 e. The number of nitrogens with zero attached hydrogens (tertiary/aromatic N) is 1. The van der Waals surface area contributed by atoms with Gasteiger partial charge in [-0.3, -0.25) is 9.59 Å². The number of para-hydroxylation sites is 1. The first kappa shape index (κ1) is 11.3. The predicted molar refractivity (Wildman–Crippen MR) is 68.1 cm³/mol. The van der Waals surface area contributed by atoms with Gasteiger partial charge in [-0.15, -0.1) is 0 Å². The van der Waals surface area contributed by atoms with Gasteiger partial charge in [0.05, 0.1) is 5.92 Å². The SMILES string of the molecule is O=C(NC1CC1)C1CC(=O)N(c2ccccc2)C1. The monoisotopic (exact) mass is 244 g/mol. The zero-order valence-electron chi connectivity index (χ0n) is 10.1. The zero-order valence-corrected chi connectivity index (χ0v) is 10.1. The van der Waals surface area contributed by atoms with E-state index in [0.717, 1.165) is 18.5 Å². The van der Waals surface area contributed by atoms with Gasteiger partial charge in [-0.25, -0.2) is 0 Å². The molecule has 4 heteroatoms. The molecule has 94 valence electrons. The maximum atomic E-state index is 11.9.